The van der Waals surface area contributed by atoms with E-state index in [-0.39, 0.29) is 5.43 Å². The van der Waals surface area contributed by atoms with E-state index in [9.17, 15) is 4.79 Å². The van der Waals surface area contributed by atoms with Crippen molar-refractivity contribution in [2.24, 2.45) is 0 Å². The van der Waals surface area contributed by atoms with E-state index in [1.165, 1.54) is 12.1 Å². The maximum atomic E-state index is 11.7. The van der Waals surface area contributed by atoms with Crippen molar-refractivity contribution in [1.29, 1.82) is 0 Å². The fourth-order valence-electron chi connectivity index (χ4n) is 3.45. The third-order valence-corrected chi connectivity index (χ3v) is 4.69. The van der Waals surface area contributed by atoms with Crippen LogP contribution in [0.5, 0.6) is 11.5 Å². The number of nitrogens with zero attached hydrogens (tertiary/aromatic N) is 1. The number of aromatic nitrogens is 3. The number of methoxy groups -OCH3 is 2. The number of H-pyrrole nitrogens is 2. The average molecular weight is 361 g/mol. The van der Waals surface area contributed by atoms with Gasteiger partial charge in [0.05, 0.1) is 14.2 Å². The topological polar surface area (TPSA) is 93.1 Å². The highest BCUT2D eigenvalue weighted by atomic mass is 16.5. The SMILES string of the molecule is COc1ccc(-c2c3c[nH][nH]c3nc3c2oc2cc(=O)ccc23)cc1OC. The van der Waals surface area contributed by atoms with Gasteiger partial charge < -0.3 is 19.0 Å². The van der Waals surface area contributed by atoms with Crippen LogP contribution in [0.25, 0.3) is 44.2 Å². The number of aromatic amines is 2. The Bertz CT molecular complexity index is 1380. The van der Waals surface area contributed by atoms with Crippen LogP contribution in [0.15, 0.2) is 51.8 Å². The van der Waals surface area contributed by atoms with E-state index >= 15 is 0 Å². The Morgan fingerprint density at radius 2 is 1.85 bits per heavy atom. The van der Waals surface area contributed by atoms with E-state index in [4.69, 9.17) is 13.9 Å². The average Bonchev–Trinajstić information content (AvgIpc) is 3.29. The lowest BCUT2D eigenvalue weighted by molar-refractivity contribution is 0.355. The third kappa shape index (κ3) is 2.21. The molecule has 0 bridgehead atoms. The van der Waals surface area contributed by atoms with Gasteiger partial charge in [-0.1, -0.05) is 6.07 Å². The Labute approximate surface area is 152 Å². The molecule has 0 radical (unpaired) electrons. The van der Waals surface area contributed by atoms with Gasteiger partial charge >= 0.3 is 0 Å². The highest BCUT2D eigenvalue weighted by Crippen LogP contribution is 2.41. The maximum absolute atomic E-state index is 11.7. The molecule has 5 aromatic rings. The second-order valence-electron chi connectivity index (χ2n) is 6.17. The monoisotopic (exact) mass is 361 g/mol. The van der Waals surface area contributed by atoms with Crippen LogP contribution in [0.1, 0.15) is 0 Å². The molecule has 3 heterocycles. The van der Waals surface area contributed by atoms with Crippen LogP contribution in [-0.4, -0.2) is 29.4 Å². The van der Waals surface area contributed by atoms with Gasteiger partial charge in [0.15, 0.2) is 28.2 Å². The molecule has 2 N–H and O–H groups in total. The molecule has 0 amide bonds. The molecule has 0 saturated carbocycles. The van der Waals surface area contributed by atoms with Gasteiger partial charge in [0.1, 0.15) is 11.1 Å². The van der Waals surface area contributed by atoms with Crippen LogP contribution in [0.2, 0.25) is 0 Å². The Kier molecular flexibility index (Phi) is 3.24. The van der Waals surface area contributed by atoms with Gasteiger partial charge in [0, 0.05) is 28.6 Å². The summed E-state index contributed by atoms with van der Waals surface area (Å²) in [5, 5.41) is 7.69. The molecule has 0 saturated heterocycles. The normalized spacial score (nSPS) is 11.5. The van der Waals surface area contributed by atoms with Crippen LogP contribution >= 0.6 is 0 Å². The highest BCUT2D eigenvalue weighted by molar-refractivity contribution is 6.14. The van der Waals surface area contributed by atoms with Crippen LogP contribution in [-0.2, 0) is 0 Å². The number of hydrogen-bond donors (Lipinski definition) is 2. The van der Waals surface area contributed by atoms with E-state index in [0.29, 0.717) is 33.8 Å². The second-order valence-corrected chi connectivity index (χ2v) is 6.17. The molecule has 0 atom stereocenters. The molecule has 134 valence electrons. The molecule has 0 spiro atoms. The van der Waals surface area contributed by atoms with Gasteiger partial charge in [-0.2, -0.15) is 0 Å². The fourth-order valence-corrected chi connectivity index (χ4v) is 3.45. The first-order valence-electron chi connectivity index (χ1n) is 8.34. The van der Waals surface area contributed by atoms with E-state index in [1.807, 2.05) is 24.4 Å². The molecule has 0 unspecified atom stereocenters. The number of rotatable bonds is 3. The van der Waals surface area contributed by atoms with Crippen molar-refractivity contribution in [2.75, 3.05) is 14.2 Å². The van der Waals surface area contributed by atoms with Crippen LogP contribution in [0.3, 0.4) is 0 Å². The van der Waals surface area contributed by atoms with Gasteiger partial charge in [-0.05, 0) is 29.8 Å². The lowest BCUT2D eigenvalue weighted by Gasteiger charge is -2.10. The molecule has 0 fully saturated rings. The van der Waals surface area contributed by atoms with Crippen molar-refractivity contribution in [3.63, 3.8) is 0 Å². The minimum Gasteiger partial charge on any atom is -0.493 e. The van der Waals surface area contributed by atoms with Crippen LogP contribution in [0, 0.1) is 0 Å². The molecule has 7 heteroatoms. The summed E-state index contributed by atoms with van der Waals surface area (Å²) in [5.74, 6) is 1.26. The molecule has 27 heavy (non-hydrogen) atoms. The molecule has 3 aromatic heterocycles. The van der Waals surface area contributed by atoms with Crippen molar-refractivity contribution in [1.82, 2.24) is 15.2 Å². The summed E-state index contributed by atoms with van der Waals surface area (Å²) in [4.78, 5) is 16.4. The van der Waals surface area contributed by atoms with Crippen molar-refractivity contribution >= 4 is 33.1 Å². The Balaban J connectivity index is 1.93. The first kappa shape index (κ1) is 15.5. The summed E-state index contributed by atoms with van der Waals surface area (Å²) >= 11 is 0. The van der Waals surface area contributed by atoms with Crippen molar-refractivity contribution in [3.05, 3.63) is 52.8 Å². The Morgan fingerprint density at radius 1 is 1.00 bits per heavy atom. The van der Waals surface area contributed by atoms with Gasteiger partial charge in [-0.25, -0.2) is 4.98 Å². The number of hydrogen-bond acceptors (Lipinski definition) is 5. The van der Waals surface area contributed by atoms with Gasteiger partial charge in [0.25, 0.3) is 0 Å². The largest absolute Gasteiger partial charge is 0.493 e. The molecule has 0 aliphatic carbocycles. The number of benzene rings is 2. The molecule has 0 aliphatic heterocycles. The van der Waals surface area contributed by atoms with E-state index in [1.54, 1.807) is 20.3 Å². The standard InChI is InChI=1S/C20H15N3O4/c1-25-14-6-3-10(7-16(14)26-2)17-13-9-21-23-20(13)22-18-12-5-4-11(24)8-15(12)27-19(17)18/h3-9H,1-2H3,(H2,21,22,23). The second kappa shape index (κ2) is 5.63. The van der Waals surface area contributed by atoms with Crippen molar-refractivity contribution in [2.45, 2.75) is 0 Å². The predicted octanol–water partition coefficient (Wildman–Crippen LogP) is 3.83. The number of ether oxygens (including phenoxy) is 2. The van der Waals surface area contributed by atoms with Gasteiger partial charge in [0.2, 0.25) is 0 Å². The first-order chi connectivity index (χ1) is 13.2. The Morgan fingerprint density at radius 3 is 2.67 bits per heavy atom. The minimum absolute atomic E-state index is 0.104. The predicted molar refractivity (Wildman–Crippen MR) is 103 cm³/mol. The lowest BCUT2D eigenvalue weighted by Crippen LogP contribution is -1.92. The summed E-state index contributed by atoms with van der Waals surface area (Å²) in [6.07, 6.45) is 1.83. The van der Waals surface area contributed by atoms with E-state index in [0.717, 1.165) is 21.9 Å². The molecular formula is C20H15N3O4. The van der Waals surface area contributed by atoms with Crippen LogP contribution < -0.4 is 14.9 Å². The lowest BCUT2D eigenvalue weighted by atomic mass is 10.0. The van der Waals surface area contributed by atoms with Crippen molar-refractivity contribution in [3.8, 4) is 22.6 Å². The van der Waals surface area contributed by atoms with Gasteiger partial charge in [-0.15, -0.1) is 0 Å². The quantitative estimate of drug-likeness (QED) is 0.509. The molecule has 0 aliphatic rings. The van der Waals surface area contributed by atoms with Crippen molar-refractivity contribution < 1.29 is 13.9 Å². The molecule has 2 aromatic carbocycles. The smallest absolute Gasteiger partial charge is 0.182 e. The summed E-state index contributed by atoms with van der Waals surface area (Å²) < 4.78 is 16.9. The zero-order chi connectivity index (χ0) is 18.5. The molecule has 7 nitrogen and oxygen atoms in total. The van der Waals surface area contributed by atoms with Gasteiger partial charge in [-0.3, -0.25) is 9.89 Å². The highest BCUT2D eigenvalue weighted by Gasteiger charge is 2.19. The Hall–Kier alpha value is -3.74. The van der Waals surface area contributed by atoms with E-state index in [2.05, 4.69) is 15.2 Å². The first-order valence-corrected chi connectivity index (χ1v) is 8.34. The number of pyridine rings is 1. The number of fused-ring (bicyclic) bond motifs is 4. The molecule has 5 rings (SSSR count). The summed E-state index contributed by atoms with van der Waals surface area (Å²) in [7, 11) is 3.20. The number of nitrogens with one attached hydrogen (secondary N) is 2. The summed E-state index contributed by atoms with van der Waals surface area (Å²) in [5.41, 5.74) is 4.16. The zero-order valence-electron chi connectivity index (χ0n) is 14.6. The van der Waals surface area contributed by atoms with E-state index < -0.39 is 0 Å². The fraction of sp³-hybridized carbons (Fsp3) is 0.100. The number of furan rings is 1. The third-order valence-electron chi connectivity index (χ3n) is 4.69. The maximum Gasteiger partial charge on any atom is 0.182 e. The summed E-state index contributed by atoms with van der Waals surface area (Å²) in [6.45, 7) is 0. The van der Waals surface area contributed by atoms with Crippen LogP contribution in [0.4, 0.5) is 0 Å². The minimum atomic E-state index is -0.104. The molecular weight excluding hydrogens is 346 g/mol. The summed E-state index contributed by atoms with van der Waals surface area (Å²) in [6, 6.07) is 10.4. The zero-order valence-corrected chi connectivity index (χ0v) is 14.6.